The molecule has 1 N–H and O–H groups in total. The molecule has 1 aliphatic heterocycles. The second-order valence-corrected chi connectivity index (χ2v) is 4.99. The predicted molar refractivity (Wildman–Crippen MR) is 75.5 cm³/mol. The monoisotopic (exact) mass is 308 g/mol. The van der Waals surface area contributed by atoms with Gasteiger partial charge in [-0.3, -0.25) is 19.7 Å². The zero-order valence-electron chi connectivity index (χ0n) is 11.8. The van der Waals surface area contributed by atoms with E-state index >= 15 is 0 Å². The average Bonchev–Trinajstić information content (AvgIpc) is 2.97. The van der Waals surface area contributed by atoms with Gasteiger partial charge in [0.15, 0.2) is 5.75 Å². The molecule has 1 fully saturated rings. The van der Waals surface area contributed by atoms with Crippen molar-refractivity contribution < 1.29 is 24.4 Å². The van der Waals surface area contributed by atoms with Gasteiger partial charge in [0.05, 0.1) is 23.9 Å². The van der Waals surface area contributed by atoms with Crippen molar-refractivity contribution in [3.8, 4) is 5.75 Å². The molecule has 1 aliphatic rings. The molecule has 8 heteroatoms. The summed E-state index contributed by atoms with van der Waals surface area (Å²) >= 11 is 0. The number of carboxylic acid groups (broad SMARTS) is 1. The molecule has 1 heterocycles. The van der Waals surface area contributed by atoms with Crippen LogP contribution in [-0.4, -0.2) is 46.5 Å². The number of carbonyl (C=O) groups excluding carboxylic acids is 1. The number of carboxylic acids is 1. The first-order chi connectivity index (χ1) is 10.5. The molecule has 118 valence electrons. The molecule has 0 saturated carbocycles. The maximum atomic E-state index is 11.9. The number of nitro groups is 1. The van der Waals surface area contributed by atoms with Crippen LogP contribution in [0.2, 0.25) is 0 Å². The molecule has 1 aromatic rings. The van der Waals surface area contributed by atoms with Gasteiger partial charge in [-0.05, 0) is 12.5 Å². The van der Waals surface area contributed by atoms with E-state index in [1.807, 2.05) is 0 Å². The predicted octanol–water partition coefficient (Wildman–Crippen LogP) is 1.30. The number of amides is 1. The number of ether oxygens (including phenoxy) is 1. The van der Waals surface area contributed by atoms with Crippen molar-refractivity contribution in [2.75, 3.05) is 19.7 Å². The fraction of sp³-hybridized carbons (Fsp3) is 0.429. The molecule has 1 unspecified atom stereocenters. The van der Waals surface area contributed by atoms with Gasteiger partial charge in [-0.25, -0.2) is 0 Å². The lowest BCUT2D eigenvalue weighted by Crippen LogP contribution is -2.30. The quantitative estimate of drug-likeness (QED) is 0.626. The fourth-order valence-corrected chi connectivity index (χ4v) is 2.32. The van der Waals surface area contributed by atoms with E-state index in [9.17, 15) is 19.7 Å². The fourth-order valence-electron chi connectivity index (χ4n) is 2.32. The molecule has 1 amide bonds. The van der Waals surface area contributed by atoms with Crippen LogP contribution in [0.1, 0.15) is 12.8 Å². The Morgan fingerprint density at radius 3 is 2.77 bits per heavy atom. The number of hydrogen-bond acceptors (Lipinski definition) is 5. The molecular weight excluding hydrogens is 292 g/mol. The number of benzene rings is 1. The first-order valence-corrected chi connectivity index (χ1v) is 6.86. The van der Waals surface area contributed by atoms with Crippen molar-refractivity contribution in [2.24, 2.45) is 5.92 Å². The zero-order chi connectivity index (χ0) is 16.1. The highest BCUT2D eigenvalue weighted by Crippen LogP contribution is 2.26. The van der Waals surface area contributed by atoms with Crippen molar-refractivity contribution in [2.45, 2.75) is 12.8 Å². The lowest BCUT2D eigenvalue weighted by molar-refractivity contribution is -0.385. The molecule has 1 saturated heterocycles. The zero-order valence-corrected chi connectivity index (χ0v) is 11.8. The second kappa shape index (κ2) is 6.88. The summed E-state index contributed by atoms with van der Waals surface area (Å²) in [5.41, 5.74) is -0.151. The summed E-state index contributed by atoms with van der Waals surface area (Å²) in [6.07, 6.45) is 0.504. The third-order valence-corrected chi connectivity index (χ3v) is 3.53. The van der Waals surface area contributed by atoms with Crippen LogP contribution < -0.4 is 4.74 Å². The molecule has 22 heavy (non-hydrogen) atoms. The van der Waals surface area contributed by atoms with Crippen LogP contribution >= 0.6 is 0 Å². The molecule has 1 atom stereocenters. The van der Waals surface area contributed by atoms with E-state index in [-0.39, 0.29) is 36.9 Å². The number of hydrogen-bond donors (Lipinski definition) is 1. The Hall–Kier alpha value is -2.64. The van der Waals surface area contributed by atoms with Crippen LogP contribution in [0.5, 0.6) is 5.75 Å². The number of carbonyl (C=O) groups is 2. The van der Waals surface area contributed by atoms with E-state index in [1.54, 1.807) is 6.07 Å². The Kier molecular flexibility index (Phi) is 4.92. The van der Waals surface area contributed by atoms with Crippen LogP contribution in [-0.2, 0) is 9.59 Å². The second-order valence-electron chi connectivity index (χ2n) is 4.99. The maximum Gasteiger partial charge on any atom is 0.310 e. The van der Waals surface area contributed by atoms with Gasteiger partial charge in [-0.15, -0.1) is 0 Å². The summed E-state index contributed by atoms with van der Waals surface area (Å²) in [7, 11) is 0. The average molecular weight is 308 g/mol. The summed E-state index contributed by atoms with van der Waals surface area (Å²) in [5, 5.41) is 19.7. The van der Waals surface area contributed by atoms with Gasteiger partial charge in [0.25, 0.3) is 0 Å². The van der Waals surface area contributed by atoms with Gasteiger partial charge in [-0.2, -0.15) is 0 Å². The number of rotatable bonds is 6. The van der Waals surface area contributed by atoms with Crippen LogP contribution in [0.15, 0.2) is 24.3 Å². The Morgan fingerprint density at radius 2 is 2.14 bits per heavy atom. The van der Waals surface area contributed by atoms with E-state index in [0.29, 0.717) is 13.0 Å². The Labute approximate surface area is 126 Å². The van der Waals surface area contributed by atoms with Gasteiger partial charge in [0.1, 0.15) is 0 Å². The van der Waals surface area contributed by atoms with Crippen molar-refractivity contribution in [1.82, 2.24) is 4.90 Å². The van der Waals surface area contributed by atoms with Crippen LogP contribution in [0.4, 0.5) is 5.69 Å². The minimum atomic E-state index is -0.897. The molecule has 0 aliphatic carbocycles. The van der Waals surface area contributed by atoms with Gasteiger partial charge < -0.3 is 14.7 Å². The standard InChI is InChI=1S/C14H16N2O6/c17-13(15-7-5-10(9-15)14(18)19)6-8-22-12-4-2-1-3-11(12)16(20)21/h1-4,10H,5-9H2,(H,18,19). The van der Waals surface area contributed by atoms with E-state index in [2.05, 4.69) is 0 Å². The SMILES string of the molecule is O=C(O)C1CCN(C(=O)CCOc2ccccc2[N+](=O)[O-])C1. The first-order valence-electron chi connectivity index (χ1n) is 6.86. The summed E-state index contributed by atoms with van der Waals surface area (Å²) in [6, 6.07) is 5.95. The molecule has 0 aromatic heterocycles. The van der Waals surface area contributed by atoms with Crippen LogP contribution in [0.25, 0.3) is 0 Å². The number of nitro benzene ring substituents is 1. The first kappa shape index (κ1) is 15.7. The van der Waals surface area contributed by atoms with Crippen molar-refractivity contribution in [3.05, 3.63) is 34.4 Å². The molecule has 1 aromatic carbocycles. The molecular formula is C14H16N2O6. The summed E-state index contributed by atoms with van der Waals surface area (Å²) in [5.74, 6) is -1.50. The molecule has 0 radical (unpaired) electrons. The van der Waals surface area contributed by atoms with Gasteiger partial charge in [0.2, 0.25) is 5.91 Å². The minimum absolute atomic E-state index is 0.0118. The number of aliphatic carboxylic acids is 1. The lowest BCUT2D eigenvalue weighted by Gasteiger charge is -2.15. The topological polar surface area (TPSA) is 110 Å². The normalized spacial score (nSPS) is 17.3. The minimum Gasteiger partial charge on any atom is -0.486 e. The highest BCUT2D eigenvalue weighted by Gasteiger charge is 2.30. The summed E-state index contributed by atoms with van der Waals surface area (Å²) in [6.45, 7) is 0.638. The van der Waals surface area contributed by atoms with Crippen molar-refractivity contribution in [1.29, 1.82) is 0 Å². The Bertz CT molecular complexity index is 588. The third kappa shape index (κ3) is 3.72. The van der Waals surface area contributed by atoms with Gasteiger partial charge in [0, 0.05) is 19.2 Å². The highest BCUT2D eigenvalue weighted by molar-refractivity contribution is 5.78. The van der Waals surface area contributed by atoms with Crippen LogP contribution in [0.3, 0.4) is 0 Å². The Morgan fingerprint density at radius 1 is 1.41 bits per heavy atom. The molecule has 2 rings (SSSR count). The summed E-state index contributed by atoms with van der Waals surface area (Å²) < 4.78 is 5.30. The van der Waals surface area contributed by atoms with Crippen molar-refractivity contribution in [3.63, 3.8) is 0 Å². The number of nitrogens with zero attached hydrogens (tertiary/aromatic N) is 2. The third-order valence-electron chi connectivity index (χ3n) is 3.53. The van der Waals surface area contributed by atoms with Gasteiger partial charge >= 0.3 is 11.7 Å². The smallest absolute Gasteiger partial charge is 0.310 e. The molecule has 8 nitrogen and oxygen atoms in total. The van der Waals surface area contributed by atoms with E-state index in [1.165, 1.54) is 23.1 Å². The van der Waals surface area contributed by atoms with Crippen LogP contribution in [0, 0.1) is 16.0 Å². The van der Waals surface area contributed by atoms with E-state index in [4.69, 9.17) is 9.84 Å². The van der Waals surface area contributed by atoms with Gasteiger partial charge in [-0.1, -0.05) is 12.1 Å². The van der Waals surface area contributed by atoms with E-state index < -0.39 is 16.8 Å². The number of para-hydroxylation sites is 2. The lowest BCUT2D eigenvalue weighted by atomic mass is 10.1. The van der Waals surface area contributed by atoms with E-state index in [0.717, 1.165) is 0 Å². The Balaban J connectivity index is 1.83. The largest absolute Gasteiger partial charge is 0.486 e. The van der Waals surface area contributed by atoms with Crippen molar-refractivity contribution >= 4 is 17.6 Å². The molecule has 0 bridgehead atoms. The maximum absolute atomic E-state index is 11.9. The summed E-state index contributed by atoms with van der Waals surface area (Å²) in [4.78, 5) is 34.5. The molecule has 0 spiro atoms. The highest BCUT2D eigenvalue weighted by atomic mass is 16.6. The number of likely N-dealkylation sites (tertiary alicyclic amines) is 1.